The molecule has 15 heavy (non-hydrogen) atoms. The third-order valence-electron chi connectivity index (χ3n) is 3.31. The first-order valence-corrected chi connectivity index (χ1v) is 5.24. The smallest absolute Gasteiger partial charge is 0.308 e. The zero-order valence-electron chi connectivity index (χ0n) is 9.49. The van der Waals surface area contributed by atoms with Crippen molar-refractivity contribution in [3.63, 3.8) is 0 Å². The third kappa shape index (κ3) is 2.70. The summed E-state index contributed by atoms with van der Waals surface area (Å²) in [5.74, 6) is -0.127. The van der Waals surface area contributed by atoms with E-state index in [0.29, 0.717) is 12.3 Å². The van der Waals surface area contributed by atoms with Crippen LogP contribution in [-0.4, -0.2) is 26.2 Å². The van der Waals surface area contributed by atoms with Crippen LogP contribution < -0.4 is 0 Å². The van der Waals surface area contributed by atoms with Gasteiger partial charge in [0.05, 0.1) is 20.1 Å². The maximum atomic E-state index is 11.5. The lowest BCUT2D eigenvalue weighted by molar-refractivity contribution is -0.148. The van der Waals surface area contributed by atoms with Crippen molar-refractivity contribution in [2.75, 3.05) is 14.2 Å². The minimum absolute atomic E-state index is 0.0740. The van der Waals surface area contributed by atoms with Crippen molar-refractivity contribution in [1.29, 1.82) is 0 Å². The molecule has 86 valence electrons. The minimum atomic E-state index is -0.248. The van der Waals surface area contributed by atoms with Crippen molar-refractivity contribution >= 4 is 11.9 Å². The van der Waals surface area contributed by atoms with Gasteiger partial charge >= 0.3 is 11.9 Å². The van der Waals surface area contributed by atoms with E-state index in [2.05, 4.69) is 11.7 Å². The quantitative estimate of drug-likeness (QED) is 0.666. The van der Waals surface area contributed by atoms with Crippen LogP contribution >= 0.6 is 0 Å². The molecule has 0 aromatic heterocycles. The molecule has 3 atom stereocenters. The zero-order valence-corrected chi connectivity index (χ0v) is 9.49. The molecule has 1 aliphatic carbocycles. The van der Waals surface area contributed by atoms with Gasteiger partial charge in [-0.3, -0.25) is 9.59 Å². The van der Waals surface area contributed by atoms with Gasteiger partial charge in [0.25, 0.3) is 0 Å². The van der Waals surface area contributed by atoms with Gasteiger partial charge in [0.15, 0.2) is 0 Å². The topological polar surface area (TPSA) is 52.6 Å². The molecular formula is C11H18O4. The number of rotatable bonds is 3. The second kappa shape index (κ2) is 5.14. The third-order valence-corrected chi connectivity index (χ3v) is 3.31. The summed E-state index contributed by atoms with van der Waals surface area (Å²) in [6.07, 6.45) is 2.11. The summed E-state index contributed by atoms with van der Waals surface area (Å²) in [6.45, 7) is 2.07. The van der Waals surface area contributed by atoms with Gasteiger partial charge in [-0.1, -0.05) is 6.92 Å². The molecule has 1 saturated carbocycles. The van der Waals surface area contributed by atoms with Gasteiger partial charge in [0, 0.05) is 6.42 Å². The van der Waals surface area contributed by atoms with Gasteiger partial charge in [0.1, 0.15) is 0 Å². The first-order chi connectivity index (χ1) is 7.10. The highest BCUT2D eigenvalue weighted by molar-refractivity contribution is 5.75. The van der Waals surface area contributed by atoms with E-state index in [1.807, 2.05) is 0 Å². The first-order valence-electron chi connectivity index (χ1n) is 5.24. The van der Waals surface area contributed by atoms with Crippen LogP contribution in [0.2, 0.25) is 0 Å². The average molecular weight is 214 g/mol. The predicted molar refractivity (Wildman–Crippen MR) is 54.0 cm³/mol. The van der Waals surface area contributed by atoms with Gasteiger partial charge in [-0.25, -0.2) is 0 Å². The number of ether oxygens (including phenoxy) is 2. The van der Waals surface area contributed by atoms with Crippen molar-refractivity contribution in [2.45, 2.75) is 26.2 Å². The monoisotopic (exact) mass is 214 g/mol. The highest BCUT2D eigenvalue weighted by Crippen LogP contribution is 2.39. The summed E-state index contributed by atoms with van der Waals surface area (Å²) >= 11 is 0. The van der Waals surface area contributed by atoms with Crippen LogP contribution in [0.5, 0.6) is 0 Å². The summed E-state index contributed by atoms with van der Waals surface area (Å²) in [6, 6.07) is 0. The molecule has 0 aliphatic heterocycles. The van der Waals surface area contributed by atoms with E-state index in [-0.39, 0.29) is 23.8 Å². The molecule has 0 N–H and O–H groups in total. The van der Waals surface area contributed by atoms with Gasteiger partial charge in [-0.05, 0) is 24.7 Å². The fourth-order valence-electron chi connectivity index (χ4n) is 2.33. The average Bonchev–Trinajstić information content (AvgIpc) is 2.59. The lowest BCUT2D eigenvalue weighted by Gasteiger charge is -2.19. The fraction of sp³-hybridized carbons (Fsp3) is 0.818. The molecule has 0 saturated heterocycles. The van der Waals surface area contributed by atoms with Gasteiger partial charge in [-0.2, -0.15) is 0 Å². The summed E-state index contributed by atoms with van der Waals surface area (Å²) in [4.78, 5) is 22.7. The molecule has 4 nitrogen and oxygen atoms in total. The van der Waals surface area contributed by atoms with Gasteiger partial charge < -0.3 is 9.47 Å². The Kier molecular flexibility index (Phi) is 4.12. The molecule has 0 aromatic rings. The number of hydrogen-bond donors (Lipinski definition) is 0. The molecular weight excluding hydrogens is 196 g/mol. The van der Waals surface area contributed by atoms with Crippen molar-refractivity contribution in [3.8, 4) is 0 Å². The Morgan fingerprint density at radius 2 is 1.87 bits per heavy atom. The molecule has 4 heteroatoms. The Hall–Kier alpha value is -1.06. The van der Waals surface area contributed by atoms with Gasteiger partial charge in [0.2, 0.25) is 0 Å². The normalized spacial score (nSPS) is 29.9. The van der Waals surface area contributed by atoms with Crippen LogP contribution in [0.3, 0.4) is 0 Å². The second-order valence-electron chi connectivity index (χ2n) is 4.13. The van der Waals surface area contributed by atoms with E-state index in [9.17, 15) is 9.59 Å². The van der Waals surface area contributed by atoms with Gasteiger partial charge in [-0.15, -0.1) is 0 Å². The standard InChI is InChI=1S/C11H18O4/c1-7-4-5-8(11(13)15-3)9(7)6-10(12)14-2/h7-9H,4-6H2,1-3H3. The molecule has 0 heterocycles. The number of esters is 2. The molecule has 1 rings (SSSR count). The largest absolute Gasteiger partial charge is 0.469 e. The highest BCUT2D eigenvalue weighted by atomic mass is 16.5. The molecule has 0 bridgehead atoms. The van der Waals surface area contributed by atoms with Crippen LogP contribution in [-0.2, 0) is 19.1 Å². The summed E-state index contributed by atoms with van der Waals surface area (Å²) in [5, 5.41) is 0. The molecule has 0 aromatic carbocycles. The van der Waals surface area contributed by atoms with Crippen molar-refractivity contribution in [2.24, 2.45) is 17.8 Å². The number of carbonyl (C=O) groups excluding carboxylic acids is 2. The Bertz CT molecular complexity index is 249. The Labute approximate surface area is 89.9 Å². The number of methoxy groups -OCH3 is 2. The molecule has 0 spiro atoms. The lowest BCUT2D eigenvalue weighted by atomic mass is 9.87. The summed E-state index contributed by atoms with van der Waals surface area (Å²) in [7, 11) is 2.76. The van der Waals surface area contributed by atoms with E-state index in [0.717, 1.165) is 12.8 Å². The van der Waals surface area contributed by atoms with E-state index >= 15 is 0 Å². The van der Waals surface area contributed by atoms with E-state index in [1.54, 1.807) is 0 Å². The fourth-order valence-corrected chi connectivity index (χ4v) is 2.33. The summed E-state index contributed by atoms with van der Waals surface area (Å²) < 4.78 is 9.37. The van der Waals surface area contributed by atoms with Crippen LogP contribution in [0, 0.1) is 17.8 Å². The Morgan fingerprint density at radius 1 is 1.20 bits per heavy atom. The number of hydrogen-bond acceptors (Lipinski definition) is 4. The SMILES string of the molecule is COC(=O)CC1C(C)CCC1C(=O)OC. The van der Waals surface area contributed by atoms with E-state index in [1.165, 1.54) is 14.2 Å². The summed E-state index contributed by atoms with van der Waals surface area (Å²) in [5.41, 5.74) is 0. The maximum absolute atomic E-state index is 11.5. The van der Waals surface area contributed by atoms with E-state index < -0.39 is 0 Å². The van der Waals surface area contributed by atoms with Crippen LogP contribution in [0.1, 0.15) is 26.2 Å². The number of carbonyl (C=O) groups is 2. The maximum Gasteiger partial charge on any atom is 0.308 e. The molecule has 1 fully saturated rings. The minimum Gasteiger partial charge on any atom is -0.469 e. The first kappa shape index (κ1) is 12.0. The molecule has 0 radical (unpaired) electrons. The van der Waals surface area contributed by atoms with E-state index in [4.69, 9.17) is 4.74 Å². The van der Waals surface area contributed by atoms with Crippen LogP contribution in [0.25, 0.3) is 0 Å². The van der Waals surface area contributed by atoms with Crippen molar-refractivity contribution < 1.29 is 19.1 Å². The Morgan fingerprint density at radius 3 is 2.40 bits per heavy atom. The second-order valence-corrected chi connectivity index (χ2v) is 4.13. The van der Waals surface area contributed by atoms with Crippen molar-refractivity contribution in [1.82, 2.24) is 0 Å². The van der Waals surface area contributed by atoms with Crippen LogP contribution in [0.4, 0.5) is 0 Å². The zero-order chi connectivity index (χ0) is 11.4. The van der Waals surface area contributed by atoms with Crippen molar-refractivity contribution in [3.05, 3.63) is 0 Å². The Balaban J connectivity index is 2.64. The predicted octanol–water partition coefficient (Wildman–Crippen LogP) is 1.38. The molecule has 1 aliphatic rings. The lowest BCUT2D eigenvalue weighted by Crippen LogP contribution is -2.25. The van der Waals surface area contributed by atoms with Crippen LogP contribution in [0.15, 0.2) is 0 Å². The molecule has 3 unspecified atom stereocenters. The highest BCUT2D eigenvalue weighted by Gasteiger charge is 2.39. The molecule has 0 amide bonds.